The standard InChI is InChI=1S/C24H21F3N4O2S/c1-30(19-9-11-28-12-10-19)22(32)15-4-7-18(8-5-15)29-23(33)31-20-14-17(24(25,26)27)6-3-16(20)13-21(31)34-2/h3-12,14,21H,13H2,1-2H3,(H,29,33). The Kier molecular flexibility index (Phi) is 6.52. The van der Waals surface area contributed by atoms with Crippen LogP contribution in [0.3, 0.4) is 0 Å². The van der Waals surface area contributed by atoms with E-state index in [-0.39, 0.29) is 17.0 Å². The third-order valence-corrected chi connectivity index (χ3v) is 6.50. The number of nitrogens with one attached hydrogen (secondary N) is 1. The first-order valence-corrected chi connectivity index (χ1v) is 11.6. The third kappa shape index (κ3) is 4.72. The maximum atomic E-state index is 13.2. The average molecular weight is 487 g/mol. The van der Waals surface area contributed by atoms with Gasteiger partial charge in [-0.15, -0.1) is 11.8 Å². The summed E-state index contributed by atoms with van der Waals surface area (Å²) < 4.78 is 39.7. The molecule has 1 aliphatic heterocycles. The van der Waals surface area contributed by atoms with Crippen molar-refractivity contribution in [2.75, 3.05) is 28.4 Å². The molecule has 3 aromatic rings. The van der Waals surface area contributed by atoms with Gasteiger partial charge in [0.15, 0.2) is 0 Å². The molecular weight excluding hydrogens is 465 g/mol. The van der Waals surface area contributed by atoms with Crippen molar-refractivity contribution in [3.8, 4) is 0 Å². The molecule has 2 heterocycles. The largest absolute Gasteiger partial charge is 0.416 e. The van der Waals surface area contributed by atoms with E-state index in [1.165, 1.54) is 27.6 Å². The molecule has 6 nitrogen and oxygen atoms in total. The van der Waals surface area contributed by atoms with Crippen LogP contribution in [0.25, 0.3) is 0 Å². The van der Waals surface area contributed by atoms with Gasteiger partial charge >= 0.3 is 12.2 Å². The van der Waals surface area contributed by atoms with E-state index in [1.807, 2.05) is 0 Å². The lowest BCUT2D eigenvalue weighted by Gasteiger charge is -2.25. The zero-order chi connectivity index (χ0) is 24.5. The molecule has 0 fully saturated rings. The lowest BCUT2D eigenvalue weighted by Crippen LogP contribution is -2.39. The van der Waals surface area contributed by atoms with Crippen molar-refractivity contribution in [3.63, 3.8) is 0 Å². The molecular formula is C24H21F3N4O2S. The van der Waals surface area contributed by atoms with E-state index in [2.05, 4.69) is 10.3 Å². The van der Waals surface area contributed by atoms with Gasteiger partial charge in [-0.2, -0.15) is 13.2 Å². The summed E-state index contributed by atoms with van der Waals surface area (Å²) in [5, 5.41) is 2.41. The van der Waals surface area contributed by atoms with Crippen LogP contribution in [0, 0.1) is 0 Å². The van der Waals surface area contributed by atoms with Crippen molar-refractivity contribution in [1.29, 1.82) is 0 Å². The summed E-state index contributed by atoms with van der Waals surface area (Å²) in [6.45, 7) is 0. The maximum Gasteiger partial charge on any atom is 0.416 e. The number of alkyl halides is 3. The van der Waals surface area contributed by atoms with Crippen molar-refractivity contribution < 1.29 is 22.8 Å². The van der Waals surface area contributed by atoms with E-state index in [9.17, 15) is 22.8 Å². The average Bonchev–Trinajstić information content (AvgIpc) is 3.21. The normalized spacial score (nSPS) is 15.1. The maximum absolute atomic E-state index is 13.2. The monoisotopic (exact) mass is 486 g/mol. The summed E-state index contributed by atoms with van der Waals surface area (Å²) in [6.07, 6.45) is 0.944. The minimum absolute atomic E-state index is 0.236. The first-order valence-electron chi connectivity index (χ1n) is 10.3. The fraction of sp³-hybridized carbons (Fsp3) is 0.208. The molecule has 0 bridgehead atoms. The summed E-state index contributed by atoms with van der Waals surface area (Å²) in [5.41, 5.74) is 1.66. The molecule has 1 aromatic heterocycles. The molecule has 2 aromatic carbocycles. The number of pyridine rings is 1. The Labute approximate surface area is 198 Å². The highest BCUT2D eigenvalue weighted by molar-refractivity contribution is 7.99. The van der Waals surface area contributed by atoms with Gasteiger partial charge in [0, 0.05) is 42.8 Å². The second-order valence-corrected chi connectivity index (χ2v) is 8.70. The quantitative estimate of drug-likeness (QED) is 0.517. The highest BCUT2D eigenvalue weighted by Gasteiger charge is 2.37. The number of benzene rings is 2. The molecule has 1 atom stereocenters. The van der Waals surface area contributed by atoms with Gasteiger partial charge in [-0.05, 0) is 60.4 Å². The molecule has 1 aliphatic rings. The molecule has 10 heteroatoms. The molecule has 1 unspecified atom stereocenters. The van der Waals surface area contributed by atoms with E-state index in [4.69, 9.17) is 0 Å². The van der Waals surface area contributed by atoms with Crippen LogP contribution in [0.4, 0.5) is 35.0 Å². The number of hydrogen-bond donors (Lipinski definition) is 1. The Morgan fingerprint density at radius 2 is 1.76 bits per heavy atom. The summed E-state index contributed by atoms with van der Waals surface area (Å²) in [6, 6.07) is 12.7. The Bertz CT molecular complexity index is 1200. The second kappa shape index (κ2) is 9.38. The van der Waals surface area contributed by atoms with E-state index in [0.29, 0.717) is 28.9 Å². The molecule has 0 saturated carbocycles. The number of carbonyl (C=O) groups excluding carboxylic acids is 2. The summed E-state index contributed by atoms with van der Waals surface area (Å²) in [5.74, 6) is -0.236. The molecule has 0 radical (unpaired) electrons. The van der Waals surface area contributed by atoms with Gasteiger partial charge in [-0.25, -0.2) is 4.79 Å². The first kappa shape index (κ1) is 23.6. The molecule has 0 saturated heterocycles. The van der Waals surface area contributed by atoms with Crippen LogP contribution in [0.15, 0.2) is 67.0 Å². The van der Waals surface area contributed by atoms with Gasteiger partial charge in [0.1, 0.15) is 0 Å². The number of carbonyl (C=O) groups is 2. The third-order valence-electron chi connectivity index (χ3n) is 5.58. The fourth-order valence-electron chi connectivity index (χ4n) is 3.76. The van der Waals surface area contributed by atoms with Gasteiger partial charge in [-0.1, -0.05) is 6.07 Å². The number of rotatable bonds is 4. The van der Waals surface area contributed by atoms with Crippen LogP contribution in [0.1, 0.15) is 21.5 Å². The SMILES string of the molecule is CSC1Cc2ccc(C(F)(F)F)cc2N1C(=O)Nc1ccc(C(=O)N(C)c2ccncc2)cc1. The predicted octanol–water partition coefficient (Wildman–Crippen LogP) is 5.66. The summed E-state index contributed by atoms with van der Waals surface area (Å²) >= 11 is 1.39. The second-order valence-electron chi connectivity index (χ2n) is 7.68. The highest BCUT2D eigenvalue weighted by atomic mass is 32.2. The first-order chi connectivity index (χ1) is 16.2. The molecule has 1 N–H and O–H groups in total. The molecule has 4 rings (SSSR count). The molecule has 34 heavy (non-hydrogen) atoms. The van der Waals surface area contributed by atoms with E-state index in [0.717, 1.165) is 12.1 Å². The topological polar surface area (TPSA) is 65.5 Å². The van der Waals surface area contributed by atoms with E-state index in [1.54, 1.807) is 62.1 Å². The minimum atomic E-state index is -4.50. The minimum Gasteiger partial charge on any atom is -0.311 e. The number of nitrogens with zero attached hydrogens (tertiary/aromatic N) is 3. The molecule has 3 amide bonds. The Hall–Kier alpha value is -3.53. The Morgan fingerprint density at radius 1 is 1.09 bits per heavy atom. The van der Waals surface area contributed by atoms with Gasteiger partial charge in [-0.3, -0.25) is 14.7 Å². The van der Waals surface area contributed by atoms with Gasteiger partial charge in [0.2, 0.25) is 0 Å². The van der Waals surface area contributed by atoms with E-state index < -0.39 is 17.8 Å². The Morgan fingerprint density at radius 3 is 2.38 bits per heavy atom. The van der Waals surface area contributed by atoms with Crippen molar-refractivity contribution in [2.24, 2.45) is 0 Å². The number of anilines is 3. The zero-order valence-electron chi connectivity index (χ0n) is 18.3. The van der Waals surface area contributed by atoms with Crippen molar-refractivity contribution in [2.45, 2.75) is 18.0 Å². The van der Waals surface area contributed by atoms with Crippen LogP contribution in [-0.2, 0) is 12.6 Å². The lowest BCUT2D eigenvalue weighted by atomic mass is 10.1. The smallest absolute Gasteiger partial charge is 0.311 e. The number of aromatic nitrogens is 1. The molecule has 176 valence electrons. The van der Waals surface area contributed by atoms with Gasteiger partial charge in [0.05, 0.1) is 16.6 Å². The number of amides is 3. The molecule has 0 spiro atoms. The number of hydrogen-bond acceptors (Lipinski definition) is 4. The number of halogens is 3. The van der Waals surface area contributed by atoms with Crippen molar-refractivity contribution in [3.05, 3.63) is 83.7 Å². The van der Waals surface area contributed by atoms with E-state index >= 15 is 0 Å². The van der Waals surface area contributed by atoms with Crippen LogP contribution >= 0.6 is 11.8 Å². The highest BCUT2D eigenvalue weighted by Crippen LogP contribution is 2.40. The fourth-order valence-corrected chi connectivity index (χ4v) is 4.53. The predicted molar refractivity (Wildman–Crippen MR) is 127 cm³/mol. The number of fused-ring (bicyclic) bond motifs is 1. The molecule has 0 aliphatic carbocycles. The Balaban J connectivity index is 1.51. The number of thioether (sulfide) groups is 1. The van der Waals surface area contributed by atoms with Crippen LogP contribution in [0.5, 0.6) is 0 Å². The summed E-state index contributed by atoms with van der Waals surface area (Å²) in [4.78, 5) is 32.6. The van der Waals surface area contributed by atoms with Crippen LogP contribution in [-0.4, -0.2) is 35.6 Å². The van der Waals surface area contributed by atoms with Gasteiger partial charge in [0.25, 0.3) is 5.91 Å². The van der Waals surface area contributed by atoms with Gasteiger partial charge < -0.3 is 10.2 Å². The van der Waals surface area contributed by atoms with Crippen LogP contribution < -0.4 is 15.1 Å². The summed E-state index contributed by atoms with van der Waals surface area (Å²) in [7, 11) is 1.65. The van der Waals surface area contributed by atoms with Crippen LogP contribution in [0.2, 0.25) is 0 Å². The number of urea groups is 1. The van der Waals surface area contributed by atoms with Crippen molar-refractivity contribution in [1.82, 2.24) is 4.98 Å². The lowest BCUT2D eigenvalue weighted by molar-refractivity contribution is -0.137. The van der Waals surface area contributed by atoms with Crippen molar-refractivity contribution >= 4 is 40.8 Å². The zero-order valence-corrected chi connectivity index (χ0v) is 19.2.